The Hall–Kier alpha value is -7.13. The highest BCUT2D eigenvalue weighted by Gasteiger charge is 2.28. The standard InChI is InChI=1S/C15H18O.C13H20O.C12H16O3.C12H18O.C11H16O2.C11H16O/c1-4-15(2,3)13-9-10-14(16)12-8-6-5-7-11(12)13;1-6-13(4,5)11-7-9(2)12(14)10(3)8-11;1-4-12(2,3)11(14)15-10-7-5-9(13)6-8-10;1-5-12(3,4)10-6-7-11(13)9(2)8-10;1-4-11(2,3)8-5-6-9(12)10(13)7-8;1-4-11(2,3)9-5-7-10(12)8-6-9/h5-10,16H,4H2,1-3H3;7-8,14H,6H2,1-5H3;5-8,13H,4H2,1-3H3;6-8,13H,5H2,1-4H3;5-7,12-13H,4H2,1-3H3;5-8,12H,4H2,1-3H3. The average Bonchev–Trinajstić information content (AvgIpc) is 3.57. The molecule has 0 fully saturated rings. The van der Waals surface area contributed by atoms with E-state index in [1.807, 2.05) is 90.1 Å². The lowest BCUT2D eigenvalue weighted by atomic mass is 9.79. The van der Waals surface area contributed by atoms with Crippen LogP contribution in [0.5, 0.6) is 46.0 Å². The van der Waals surface area contributed by atoms with Crippen LogP contribution in [0.4, 0.5) is 0 Å². The minimum absolute atomic E-state index is 0.0426. The van der Waals surface area contributed by atoms with Gasteiger partial charge in [0.2, 0.25) is 0 Å². The lowest BCUT2D eigenvalue weighted by Crippen LogP contribution is -2.28. The van der Waals surface area contributed by atoms with E-state index in [4.69, 9.17) is 20.1 Å². The SMILES string of the molecule is CCC(C)(C)C(=O)Oc1ccc(O)cc1.CCC(C)(C)c1cc(C)c(O)c(C)c1.CCC(C)(C)c1ccc(O)c(C)c1.CCC(C)(C)c1ccc(O)c(O)c1.CCC(C)(C)c1ccc(O)c2ccccc12.CCC(C)(C)c1ccc(O)cc1. The van der Waals surface area contributed by atoms with Crippen LogP contribution in [0.25, 0.3) is 10.8 Å². The fourth-order valence-corrected chi connectivity index (χ4v) is 8.06. The predicted molar refractivity (Wildman–Crippen MR) is 348 cm³/mol. The zero-order chi connectivity index (χ0) is 63.5. The molecule has 0 amide bonds. The molecule has 454 valence electrons. The predicted octanol–water partition coefficient (Wildman–Crippen LogP) is 19.9. The second kappa shape index (κ2) is 31.0. The molecule has 0 unspecified atom stereocenters. The van der Waals surface area contributed by atoms with Gasteiger partial charge in [-0.1, -0.05) is 184 Å². The van der Waals surface area contributed by atoms with Crippen molar-refractivity contribution >= 4 is 16.7 Å². The summed E-state index contributed by atoms with van der Waals surface area (Å²) in [5.74, 6) is 1.78. The van der Waals surface area contributed by atoms with Gasteiger partial charge >= 0.3 is 5.97 Å². The van der Waals surface area contributed by atoms with Crippen LogP contribution in [0.1, 0.15) is 208 Å². The largest absolute Gasteiger partial charge is 0.508 e. The molecule has 0 saturated carbocycles. The molecule has 9 heteroatoms. The van der Waals surface area contributed by atoms with E-state index in [0.29, 0.717) is 28.7 Å². The quantitative estimate of drug-likeness (QED) is 0.0338. The van der Waals surface area contributed by atoms with Gasteiger partial charge in [-0.2, -0.15) is 0 Å². The molecule has 0 atom stereocenters. The van der Waals surface area contributed by atoms with Gasteiger partial charge in [-0.3, -0.25) is 4.79 Å². The van der Waals surface area contributed by atoms with E-state index in [9.17, 15) is 25.2 Å². The normalized spacial score (nSPS) is 11.6. The summed E-state index contributed by atoms with van der Waals surface area (Å²) in [6.45, 7) is 44.4. The summed E-state index contributed by atoms with van der Waals surface area (Å²) in [6, 6.07) is 40.5. The van der Waals surface area contributed by atoms with Crippen molar-refractivity contribution in [3.05, 3.63) is 178 Å². The highest BCUT2D eigenvalue weighted by Crippen LogP contribution is 2.38. The summed E-state index contributed by atoms with van der Waals surface area (Å²) < 4.78 is 5.18. The molecular formula is C74H104O9. The third-order valence-corrected chi connectivity index (χ3v) is 17.2. The van der Waals surface area contributed by atoms with Crippen molar-refractivity contribution in [2.45, 2.75) is 211 Å². The number of hydrogen-bond acceptors (Lipinski definition) is 9. The molecule has 7 aromatic rings. The lowest BCUT2D eigenvalue weighted by molar-refractivity contribution is -0.144. The van der Waals surface area contributed by atoms with Gasteiger partial charge in [0.1, 0.15) is 34.5 Å². The highest BCUT2D eigenvalue weighted by molar-refractivity contribution is 5.91. The van der Waals surface area contributed by atoms with Crippen molar-refractivity contribution in [1.82, 2.24) is 0 Å². The van der Waals surface area contributed by atoms with Gasteiger partial charge in [0.15, 0.2) is 11.5 Å². The van der Waals surface area contributed by atoms with Crippen LogP contribution in [0.2, 0.25) is 0 Å². The van der Waals surface area contributed by atoms with Crippen LogP contribution in [0, 0.1) is 26.2 Å². The monoisotopic (exact) mass is 1140 g/mol. The second-order valence-corrected chi connectivity index (χ2v) is 25.7. The summed E-state index contributed by atoms with van der Waals surface area (Å²) in [4.78, 5) is 11.7. The van der Waals surface area contributed by atoms with Crippen LogP contribution < -0.4 is 4.74 Å². The summed E-state index contributed by atoms with van der Waals surface area (Å²) in [5, 5.41) is 67.6. The topological polar surface area (TPSA) is 168 Å². The van der Waals surface area contributed by atoms with Gasteiger partial charge in [0.05, 0.1) is 5.41 Å². The van der Waals surface area contributed by atoms with Crippen LogP contribution in [-0.4, -0.2) is 41.7 Å². The molecule has 0 spiro atoms. The molecular weight excluding hydrogens is 1030 g/mol. The number of ether oxygens (including phenoxy) is 1. The Morgan fingerprint density at radius 1 is 0.361 bits per heavy atom. The van der Waals surface area contributed by atoms with Crippen molar-refractivity contribution < 1.29 is 45.3 Å². The minimum Gasteiger partial charge on any atom is -0.508 e. The smallest absolute Gasteiger partial charge is 0.316 e. The van der Waals surface area contributed by atoms with E-state index >= 15 is 0 Å². The number of phenols is 7. The minimum atomic E-state index is -0.474. The number of hydrogen-bond donors (Lipinski definition) is 7. The van der Waals surface area contributed by atoms with Gasteiger partial charge in [-0.05, 0) is 211 Å². The molecule has 0 radical (unpaired) electrons. The van der Waals surface area contributed by atoms with Crippen molar-refractivity contribution in [2.75, 3.05) is 0 Å². The van der Waals surface area contributed by atoms with E-state index in [-0.39, 0.29) is 50.3 Å². The number of benzene rings is 7. The van der Waals surface area contributed by atoms with Gasteiger partial charge in [-0.25, -0.2) is 0 Å². The maximum Gasteiger partial charge on any atom is 0.316 e. The van der Waals surface area contributed by atoms with Crippen molar-refractivity contribution in [3.63, 3.8) is 0 Å². The molecule has 0 aliphatic heterocycles. The zero-order valence-corrected chi connectivity index (χ0v) is 54.4. The molecule has 83 heavy (non-hydrogen) atoms. The number of esters is 1. The fourth-order valence-electron chi connectivity index (χ4n) is 8.06. The van der Waals surface area contributed by atoms with Gasteiger partial charge in [-0.15, -0.1) is 0 Å². The van der Waals surface area contributed by atoms with E-state index in [1.54, 1.807) is 42.5 Å². The first kappa shape index (κ1) is 72.0. The van der Waals surface area contributed by atoms with E-state index in [1.165, 1.54) is 40.5 Å². The first-order chi connectivity index (χ1) is 38.4. The Bertz CT molecular complexity index is 3030. The number of aryl methyl sites for hydroxylation is 3. The highest BCUT2D eigenvalue weighted by atomic mass is 16.5. The number of rotatable bonds is 13. The van der Waals surface area contributed by atoms with Gasteiger partial charge < -0.3 is 40.5 Å². The van der Waals surface area contributed by atoms with Crippen LogP contribution in [0.3, 0.4) is 0 Å². The third-order valence-electron chi connectivity index (χ3n) is 17.2. The first-order valence-corrected chi connectivity index (χ1v) is 29.6. The Balaban J connectivity index is 0.000000341. The average molecular weight is 1140 g/mol. The van der Waals surface area contributed by atoms with E-state index < -0.39 is 5.41 Å². The molecule has 7 aromatic carbocycles. The summed E-state index contributed by atoms with van der Waals surface area (Å²) in [5.41, 5.74) is 9.49. The summed E-state index contributed by atoms with van der Waals surface area (Å²) in [6.07, 6.45) is 6.13. The second-order valence-electron chi connectivity index (χ2n) is 25.7. The fraction of sp³-hybridized carbons (Fsp3) is 0.446. The third kappa shape index (κ3) is 21.2. The lowest BCUT2D eigenvalue weighted by Gasteiger charge is -2.25. The summed E-state index contributed by atoms with van der Waals surface area (Å²) in [7, 11) is 0. The van der Waals surface area contributed by atoms with Crippen molar-refractivity contribution in [2.24, 2.45) is 5.41 Å². The van der Waals surface area contributed by atoms with Gasteiger partial charge in [0, 0.05) is 5.39 Å². The number of aromatic hydroxyl groups is 7. The molecule has 0 aromatic heterocycles. The first-order valence-electron chi connectivity index (χ1n) is 29.6. The molecule has 0 saturated heterocycles. The van der Waals surface area contributed by atoms with E-state index in [2.05, 4.69) is 128 Å². The molecule has 7 N–H and O–H groups in total. The Morgan fingerprint density at radius 3 is 1.17 bits per heavy atom. The molecule has 0 aliphatic carbocycles. The number of fused-ring (bicyclic) bond motifs is 1. The van der Waals surface area contributed by atoms with Crippen LogP contribution in [0.15, 0.2) is 133 Å². The zero-order valence-electron chi connectivity index (χ0n) is 54.4. The maximum atomic E-state index is 11.7. The van der Waals surface area contributed by atoms with Crippen LogP contribution in [-0.2, 0) is 31.9 Å². The maximum absolute atomic E-state index is 11.7. The Labute approximate surface area is 500 Å². The Kier molecular flexibility index (Phi) is 26.8. The molecule has 0 aliphatic rings. The number of carbonyl (C=O) groups is 1. The van der Waals surface area contributed by atoms with E-state index in [0.717, 1.165) is 71.6 Å². The molecule has 9 nitrogen and oxygen atoms in total. The molecule has 0 heterocycles. The number of phenolic OH excluding ortho intramolecular Hbond substituents is 7. The van der Waals surface area contributed by atoms with Crippen molar-refractivity contribution in [1.29, 1.82) is 0 Å². The van der Waals surface area contributed by atoms with Crippen LogP contribution >= 0.6 is 0 Å². The van der Waals surface area contributed by atoms with Gasteiger partial charge in [0.25, 0.3) is 0 Å². The molecule has 0 bridgehead atoms. The number of carbonyl (C=O) groups excluding carboxylic acids is 1. The Morgan fingerprint density at radius 2 is 0.735 bits per heavy atom. The molecule has 7 rings (SSSR count). The summed E-state index contributed by atoms with van der Waals surface area (Å²) >= 11 is 0. The van der Waals surface area contributed by atoms with Crippen molar-refractivity contribution in [3.8, 4) is 46.0 Å².